The number of hydrogen-bond donors (Lipinski definition) is 1. The number of nitriles is 1. The van der Waals surface area contributed by atoms with Gasteiger partial charge in [0.15, 0.2) is 0 Å². The number of carbonyl (C=O) groups is 6. The van der Waals surface area contributed by atoms with Crippen molar-refractivity contribution in [3.05, 3.63) is 35.5 Å². The van der Waals surface area contributed by atoms with Crippen LogP contribution in [0.4, 0.5) is 4.79 Å². The second kappa shape index (κ2) is 35.9. The highest BCUT2D eigenvalue weighted by molar-refractivity contribution is 6.08. The summed E-state index contributed by atoms with van der Waals surface area (Å²) in [5.74, 6) is -2.02. The highest BCUT2D eigenvalue weighted by Crippen LogP contribution is 2.34. The van der Waals surface area contributed by atoms with Crippen molar-refractivity contribution in [1.82, 2.24) is 35.2 Å². The monoisotopic (exact) mass is 1120 g/mol. The molecule has 0 radical (unpaired) electrons. The summed E-state index contributed by atoms with van der Waals surface area (Å²) in [7, 11) is 0. The number of carbonyl (C=O) groups excluding carboxylic acids is 6. The Kier molecular flexibility index (Phi) is 28.4. The van der Waals surface area contributed by atoms with Crippen molar-refractivity contribution in [3.63, 3.8) is 0 Å². The van der Waals surface area contributed by atoms with Gasteiger partial charge in [-0.15, -0.1) is 10.2 Å². The molecular weight excluding hydrogens is 1040 g/mol. The summed E-state index contributed by atoms with van der Waals surface area (Å²) >= 11 is 0. The summed E-state index contributed by atoms with van der Waals surface area (Å²) in [6, 6.07) is 6.55. The molecule has 4 fully saturated rings. The van der Waals surface area contributed by atoms with Gasteiger partial charge in [0.1, 0.15) is 11.2 Å². The molecule has 2 aromatic rings. The molecule has 1 atom stereocenters. The van der Waals surface area contributed by atoms with E-state index < -0.39 is 29.4 Å². The summed E-state index contributed by atoms with van der Waals surface area (Å²) in [6.45, 7) is 10.8. The van der Waals surface area contributed by atoms with Gasteiger partial charge in [0.05, 0.1) is 196 Å². The number of amides is 6. The number of imide groups is 2. The van der Waals surface area contributed by atoms with Gasteiger partial charge < -0.3 is 71.9 Å². The van der Waals surface area contributed by atoms with Crippen LogP contribution in [0, 0.1) is 17.2 Å². The van der Waals surface area contributed by atoms with Crippen LogP contribution in [0.2, 0.25) is 0 Å². The first-order valence-corrected chi connectivity index (χ1v) is 27.0. The van der Waals surface area contributed by atoms with E-state index in [4.69, 9.17) is 61.7 Å². The summed E-state index contributed by atoms with van der Waals surface area (Å²) in [5.41, 5.74) is 0.485. The molecule has 4 aliphatic rings. The molecule has 6 amide bonds. The van der Waals surface area contributed by atoms with E-state index in [-0.39, 0.29) is 62.0 Å². The Bertz CT molecular complexity index is 2230. The molecule has 1 N–H and O–H groups in total. The first-order valence-electron chi connectivity index (χ1n) is 27.0. The number of ether oxygens (including phenoxy) is 12. The van der Waals surface area contributed by atoms with E-state index >= 15 is 0 Å². The number of urea groups is 1. The number of hydroxylamine groups is 2. The van der Waals surface area contributed by atoms with Crippen LogP contribution in [0.5, 0.6) is 0 Å². The van der Waals surface area contributed by atoms with Crippen molar-refractivity contribution >= 4 is 35.6 Å². The zero-order chi connectivity index (χ0) is 55.8. The highest BCUT2D eigenvalue weighted by atomic mass is 16.7. The Balaban J connectivity index is 0.635. The third-order valence-electron chi connectivity index (χ3n) is 12.8. The predicted molar refractivity (Wildman–Crippen MR) is 273 cm³/mol. The Hall–Kier alpha value is -5.61. The van der Waals surface area contributed by atoms with Gasteiger partial charge in [0.2, 0.25) is 0 Å². The van der Waals surface area contributed by atoms with E-state index in [0.717, 1.165) is 19.3 Å². The number of hydrogen-bond acceptors (Lipinski definition) is 22. The van der Waals surface area contributed by atoms with Gasteiger partial charge in [-0.25, -0.2) is 14.3 Å². The first kappa shape index (κ1) is 62.6. The fourth-order valence-electron chi connectivity index (χ4n) is 8.36. The summed E-state index contributed by atoms with van der Waals surface area (Å²) in [6.07, 6.45) is 5.18. The number of rotatable bonds is 44. The highest BCUT2D eigenvalue weighted by Gasteiger charge is 2.56. The van der Waals surface area contributed by atoms with Crippen LogP contribution < -0.4 is 5.32 Å². The van der Waals surface area contributed by atoms with Gasteiger partial charge in [-0.3, -0.25) is 24.1 Å². The number of likely N-dealkylation sites (tertiary alicyclic amines) is 1. The van der Waals surface area contributed by atoms with Gasteiger partial charge >= 0.3 is 12.0 Å². The predicted octanol–water partition coefficient (Wildman–Crippen LogP) is 0.950. The lowest BCUT2D eigenvalue weighted by Crippen LogP contribution is -2.50. The summed E-state index contributed by atoms with van der Waals surface area (Å²) in [4.78, 5) is 82.1. The van der Waals surface area contributed by atoms with Crippen LogP contribution in [-0.2, 0) is 87.4 Å². The molecule has 1 spiro atoms. The third-order valence-corrected chi connectivity index (χ3v) is 12.8. The minimum atomic E-state index is -1.12. The molecular formula is C52H76N8O19. The lowest BCUT2D eigenvalue weighted by molar-refractivity contribution is -0.198. The molecule has 0 bridgehead atoms. The van der Waals surface area contributed by atoms with Crippen molar-refractivity contribution in [3.8, 4) is 17.3 Å². The summed E-state index contributed by atoms with van der Waals surface area (Å²) < 4.78 is 67.6. The molecule has 3 saturated heterocycles. The maximum Gasteiger partial charge on any atom is 0.335 e. The molecule has 79 heavy (non-hydrogen) atoms. The molecule has 27 heteroatoms. The molecule has 1 aromatic carbocycles. The van der Waals surface area contributed by atoms with Crippen molar-refractivity contribution < 1.29 is 90.4 Å². The maximum atomic E-state index is 13.7. The van der Waals surface area contributed by atoms with Gasteiger partial charge in [0, 0.05) is 37.1 Å². The van der Waals surface area contributed by atoms with Crippen LogP contribution in [0.3, 0.4) is 0 Å². The third kappa shape index (κ3) is 22.1. The molecule has 27 nitrogen and oxygen atoms in total. The molecule has 1 saturated carbocycles. The molecule has 1 aliphatic carbocycles. The van der Waals surface area contributed by atoms with Crippen molar-refractivity contribution in [1.29, 1.82) is 5.26 Å². The van der Waals surface area contributed by atoms with E-state index in [2.05, 4.69) is 21.7 Å². The van der Waals surface area contributed by atoms with Crippen LogP contribution >= 0.6 is 0 Å². The zero-order valence-electron chi connectivity index (χ0n) is 45.0. The van der Waals surface area contributed by atoms with Crippen LogP contribution in [0.1, 0.15) is 60.9 Å². The maximum absolute atomic E-state index is 13.7. The molecule has 438 valence electrons. The van der Waals surface area contributed by atoms with Crippen molar-refractivity contribution in [2.45, 2.75) is 57.0 Å². The fraction of sp³-hybridized carbons (Fsp3) is 0.712. The van der Waals surface area contributed by atoms with E-state index in [0.29, 0.717) is 194 Å². The molecule has 4 heterocycles. The van der Waals surface area contributed by atoms with E-state index in [1.54, 1.807) is 27.9 Å². The molecule has 1 aromatic heterocycles. The standard InChI is InChI=1S/C52H76N8O19/c53-37-42-34-43(36-44(35-42)49(64)57-8-7-52(40-57)50(65)59(51(66)54-52)38-41-2-1-3-41)45-39-58(56-55-45)9-11-68-13-15-70-17-19-72-21-23-74-25-27-76-29-31-78-33-32-77-30-28-75-26-24-73-22-20-71-18-16-69-14-12-67-10-6-48(63)79-60-46(61)4-5-47(60)62/h34-36,39,41H,1-33,38,40H2,(H,54,66)/t52-/m1/s1. The van der Waals surface area contributed by atoms with Gasteiger partial charge in [0.25, 0.3) is 23.6 Å². The smallest absolute Gasteiger partial charge is 0.335 e. The van der Waals surface area contributed by atoms with Gasteiger partial charge in [-0.05, 0) is 43.4 Å². The lowest BCUT2D eigenvalue weighted by atomic mass is 9.85. The van der Waals surface area contributed by atoms with E-state index in [1.165, 1.54) is 11.0 Å². The molecule has 3 aliphatic heterocycles. The lowest BCUT2D eigenvalue weighted by Gasteiger charge is -2.29. The minimum Gasteiger partial charge on any atom is -0.378 e. The van der Waals surface area contributed by atoms with Gasteiger partial charge in [-0.1, -0.05) is 11.6 Å². The van der Waals surface area contributed by atoms with Crippen molar-refractivity contribution in [2.24, 2.45) is 5.92 Å². The second-order valence-electron chi connectivity index (χ2n) is 18.6. The Morgan fingerprint density at radius 2 is 1.10 bits per heavy atom. The Morgan fingerprint density at radius 1 is 0.633 bits per heavy atom. The summed E-state index contributed by atoms with van der Waals surface area (Å²) in [5, 5.41) is 21.6. The van der Waals surface area contributed by atoms with E-state index in [1.807, 2.05) is 0 Å². The average molecular weight is 1120 g/mol. The van der Waals surface area contributed by atoms with Crippen LogP contribution in [-0.4, -0.2) is 249 Å². The number of nitrogens with one attached hydrogen (secondary N) is 1. The quantitative estimate of drug-likeness (QED) is 0.0549. The number of nitrogens with zero attached hydrogens (tertiary/aromatic N) is 7. The van der Waals surface area contributed by atoms with Crippen LogP contribution in [0.15, 0.2) is 24.4 Å². The Labute approximate surface area is 459 Å². The van der Waals surface area contributed by atoms with E-state index in [9.17, 15) is 34.0 Å². The zero-order valence-corrected chi connectivity index (χ0v) is 45.0. The normalized spacial score (nSPS) is 17.4. The number of benzene rings is 1. The topological polar surface area (TPSA) is 299 Å². The minimum absolute atomic E-state index is 0.0483. The van der Waals surface area contributed by atoms with Crippen LogP contribution in [0.25, 0.3) is 11.3 Å². The Morgan fingerprint density at radius 3 is 1.56 bits per heavy atom. The molecule has 0 unspecified atom stereocenters. The van der Waals surface area contributed by atoms with Crippen molar-refractivity contribution in [2.75, 3.05) is 178 Å². The van der Waals surface area contributed by atoms with Gasteiger partial charge in [-0.2, -0.15) is 5.26 Å². The largest absolute Gasteiger partial charge is 0.378 e. The number of aromatic nitrogens is 3. The average Bonchev–Trinajstić information content (AvgIpc) is 4.31. The second-order valence-corrected chi connectivity index (χ2v) is 18.6. The first-order chi connectivity index (χ1) is 38.7. The molecule has 6 rings (SSSR count). The SMILES string of the molecule is N#Cc1cc(C(=O)N2CC[C@]3(C2)NC(=O)N(CC2CCC2)C3=O)cc(-c2cn(CCOCCOCCOCCOCCOCCOCCOCCOCCOCCOCCOCCOCCC(=O)ON3C(=O)CCC3=O)nn2)c1. The fourth-order valence-corrected chi connectivity index (χ4v) is 8.36.